The number of amides is 1. The molecule has 0 unspecified atom stereocenters. The van der Waals surface area contributed by atoms with E-state index in [1.807, 2.05) is 12.1 Å². The number of aromatic nitrogens is 2. The third kappa shape index (κ3) is 4.01. The molecule has 2 heterocycles. The Balaban J connectivity index is 1.67. The second-order valence-corrected chi connectivity index (χ2v) is 6.11. The normalized spacial score (nSPS) is 10.4. The minimum Gasteiger partial charge on any atom is -0.483 e. The highest BCUT2D eigenvalue weighted by Crippen LogP contribution is 2.13. The van der Waals surface area contributed by atoms with Crippen molar-refractivity contribution >= 4 is 34.0 Å². The predicted octanol–water partition coefficient (Wildman–Crippen LogP) is 3.32. The average molecular weight is 362 g/mol. The van der Waals surface area contributed by atoms with Gasteiger partial charge in [-0.15, -0.1) is 11.3 Å². The maximum absolute atomic E-state index is 12.1. The van der Waals surface area contributed by atoms with Crippen LogP contribution in [0.3, 0.4) is 0 Å². The maximum atomic E-state index is 12.1. The van der Waals surface area contributed by atoms with E-state index in [2.05, 4.69) is 15.3 Å². The van der Waals surface area contributed by atoms with Gasteiger partial charge in [0.1, 0.15) is 12.3 Å². The highest BCUT2D eigenvalue weighted by atomic mass is 35.5. The molecular weight excluding hydrogens is 350 g/mol. The van der Waals surface area contributed by atoms with E-state index in [1.165, 1.54) is 23.6 Å². The zero-order chi connectivity index (χ0) is 16.9. The van der Waals surface area contributed by atoms with E-state index in [1.54, 1.807) is 23.7 Å². The lowest BCUT2D eigenvalue weighted by Crippen LogP contribution is -2.17. The number of benzene rings is 1. The highest BCUT2D eigenvalue weighted by molar-refractivity contribution is 7.13. The molecule has 2 N–H and O–H groups in total. The number of carbonyl (C=O) groups is 1. The van der Waals surface area contributed by atoms with Crippen LogP contribution in [-0.2, 0) is 6.61 Å². The lowest BCUT2D eigenvalue weighted by Gasteiger charge is -2.07. The second-order valence-electron chi connectivity index (χ2n) is 4.78. The third-order valence-electron chi connectivity index (χ3n) is 3.08. The summed E-state index contributed by atoms with van der Waals surface area (Å²) in [4.78, 5) is 30.8. The van der Waals surface area contributed by atoms with Crippen molar-refractivity contribution in [3.63, 3.8) is 0 Å². The van der Waals surface area contributed by atoms with Gasteiger partial charge in [-0.3, -0.25) is 14.9 Å². The molecule has 24 heavy (non-hydrogen) atoms. The van der Waals surface area contributed by atoms with Gasteiger partial charge in [0.25, 0.3) is 5.91 Å². The molecule has 0 radical (unpaired) electrons. The van der Waals surface area contributed by atoms with Crippen LogP contribution in [0.25, 0.3) is 0 Å². The molecule has 2 aromatic heterocycles. The van der Waals surface area contributed by atoms with Crippen LogP contribution in [0.1, 0.15) is 16.1 Å². The summed E-state index contributed by atoms with van der Waals surface area (Å²) in [6, 6.07) is 8.31. The summed E-state index contributed by atoms with van der Waals surface area (Å²) in [5.74, 6) is -0.304. The van der Waals surface area contributed by atoms with Gasteiger partial charge in [0.05, 0.1) is 0 Å². The Kier molecular flexibility index (Phi) is 4.93. The number of hydrogen-bond donors (Lipinski definition) is 2. The number of thiazole rings is 1. The molecule has 0 aliphatic rings. The minimum absolute atomic E-state index is 0.133. The van der Waals surface area contributed by atoms with E-state index in [0.717, 1.165) is 5.56 Å². The van der Waals surface area contributed by atoms with Crippen molar-refractivity contribution < 1.29 is 9.53 Å². The summed E-state index contributed by atoms with van der Waals surface area (Å²) in [6.07, 6.45) is 2.95. The molecule has 0 saturated carbocycles. The minimum atomic E-state index is -0.439. The fourth-order valence-corrected chi connectivity index (χ4v) is 2.54. The highest BCUT2D eigenvalue weighted by Gasteiger charge is 2.11. The van der Waals surface area contributed by atoms with Gasteiger partial charge >= 0.3 is 0 Å². The standard InChI is InChI=1S/C16H12ClN3O3S/c17-11-3-1-10(2-4-11)9-23-14-8-19-12(7-13(14)21)15(22)20-16-18-5-6-24-16/h1-8H,9H2,(H,19,21)(H,18,20,22). The van der Waals surface area contributed by atoms with Gasteiger partial charge in [0.15, 0.2) is 10.9 Å². The van der Waals surface area contributed by atoms with Gasteiger partial charge in [-0.1, -0.05) is 23.7 Å². The van der Waals surface area contributed by atoms with Crippen molar-refractivity contribution in [2.45, 2.75) is 6.61 Å². The average Bonchev–Trinajstić information content (AvgIpc) is 3.08. The van der Waals surface area contributed by atoms with Crippen LogP contribution in [0.5, 0.6) is 5.75 Å². The number of aromatic amines is 1. The molecule has 0 aliphatic heterocycles. The SMILES string of the molecule is O=C(Nc1nccs1)c1cc(=O)c(OCc2ccc(Cl)cc2)c[nH]1. The lowest BCUT2D eigenvalue weighted by molar-refractivity contribution is 0.102. The number of rotatable bonds is 5. The zero-order valence-corrected chi connectivity index (χ0v) is 13.9. The number of hydrogen-bond acceptors (Lipinski definition) is 5. The first-order valence-electron chi connectivity index (χ1n) is 6.92. The van der Waals surface area contributed by atoms with Gasteiger partial charge in [-0.25, -0.2) is 4.98 Å². The van der Waals surface area contributed by atoms with E-state index in [4.69, 9.17) is 16.3 Å². The summed E-state index contributed by atoms with van der Waals surface area (Å²) in [5.41, 5.74) is 0.630. The van der Waals surface area contributed by atoms with Crippen molar-refractivity contribution in [2.75, 3.05) is 5.32 Å². The first-order chi connectivity index (χ1) is 11.6. The molecular formula is C16H12ClN3O3S. The number of nitrogens with zero attached hydrogens (tertiary/aromatic N) is 1. The van der Waals surface area contributed by atoms with Crippen LogP contribution in [0.2, 0.25) is 5.02 Å². The van der Waals surface area contributed by atoms with Crippen molar-refractivity contribution in [2.24, 2.45) is 0 Å². The number of anilines is 1. The Morgan fingerprint density at radius 2 is 2.12 bits per heavy atom. The fraction of sp³-hybridized carbons (Fsp3) is 0.0625. The zero-order valence-electron chi connectivity index (χ0n) is 12.3. The van der Waals surface area contributed by atoms with Crippen LogP contribution < -0.4 is 15.5 Å². The van der Waals surface area contributed by atoms with Gasteiger partial charge in [0, 0.05) is 28.9 Å². The van der Waals surface area contributed by atoms with Gasteiger partial charge in [-0.2, -0.15) is 0 Å². The first-order valence-corrected chi connectivity index (χ1v) is 8.18. The number of pyridine rings is 1. The summed E-state index contributed by atoms with van der Waals surface area (Å²) in [7, 11) is 0. The van der Waals surface area contributed by atoms with Crippen LogP contribution in [0.4, 0.5) is 5.13 Å². The van der Waals surface area contributed by atoms with Gasteiger partial charge < -0.3 is 9.72 Å². The number of carbonyl (C=O) groups excluding carboxylic acids is 1. The summed E-state index contributed by atoms with van der Waals surface area (Å²) >= 11 is 7.11. The molecule has 6 nitrogen and oxygen atoms in total. The van der Waals surface area contributed by atoms with Crippen molar-refractivity contribution in [3.05, 3.63) is 74.6 Å². The molecule has 0 aliphatic carbocycles. The molecule has 0 bridgehead atoms. The number of halogens is 1. The van der Waals surface area contributed by atoms with E-state index in [9.17, 15) is 9.59 Å². The quantitative estimate of drug-likeness (QED) is 0.730. The summed E-state index contributed by atoms with van der Waals surface area (Å²) < 4.78 is 5.47. The molecule has 0 atom stereocenters. The first kappa shape index (κ1) is 16.2. The second kappa shape index (κ2) is 7.29. The van der Waals surface area contributed by atoms with Crippen molar-refractivity contribution in [1.29, 1.82) is 0 Å². The molecule has 0 fully saturated rings. The van der Waals surface area contributed by atoms with Crippen LogP contribution in [0.15, 0.2) is 52.9 Å². The number of H-pyrrole nitrogens is 1. The van der Waals surface area contributed by atoms with Crippen molar-refractivity contribution in [3.8, 4) is 5.75 Å². The van der Waals surface area contributed by atoms with Gasteiger partial charge in [-0.05, 0) is 17.7 Å². The van der Waals surface area contributed by atoms with Crippen LogP contribution in [-0.4, -0.2) is 15.9 Å². The van der Waals surface area contributed by atoms with E-state index in [0.29, 0.717) is 10.2 Å². The third-order valence-corrected chi connectivity index (χ3v) is 4.02. The topological polar surface area (TPSA) is 84.1 Å². The molecule has 122 valence electrons. The van der Waals surface area contributed by atoms with Crippen LogP contribution >= 0.6 is 22.9 Å². The molecule has 1 aromatic carbocycles. The molecule has 0 saturated heterocycles. The maximum Gasteiger partial charge on any atom is 0.273 e. The lowest BCUT2D eigenvalue weighted by atomic mass is 10.2. The smallest absolute Gasteiger partial charge is 0.273 e. The number of nitrogens with one attached hydrogen (secondary N) is 2. The Hall–Kier alpha value is -2.64. The monoisotopic (exact) mass is 361 g/mol. The Bertz CT molecular complexity index is 892. The van der Waals surface area contributed by atoms with Crippen LogP contribution in [0, 0.1) is 0 Å². The molecule has 1 amide bonds. The molecule has 3 aromatic rings. The summed E-state index contributed by atoms with van der Waals surface area (Å²) in [5, 5.41) is 5.43. The van der Waals surface area contributed by atoms with E-state index in [-0.39, 0.29) is 23.5 Å². The summed E-state index contributed by atoms with van der Waals surface area (Å²) in [6.45, 7) is 0.227. The predicted molar refractivity (Wildman–Crippen MR) is 92.9 cm³/mol. The Morgan fingerprint density at radius 1 is 1.33 bits per heavy atom. The Labute approximate surface area is 146 Å². The van der Waals surface area contributed by atoms with E-state index >= 15 is 0 Å². The molecule has 3 rings (SSSR count). The fourth-order valence-electron chi connectivity index (χ4n) is 1.89. The van der Waals surface area contributed by atoms with Crippen molar-refractivity contribution in [1.82, 2.24) is 9.97 Å². The van der Waals surface area contributed by atoms with E-state index < -0.39 is 5.91 Å². The van der Waals surface area contributed by atoms with Gasteiger partial charge in [0.2, 0.25) is 5.43 Å². The largest absolute Gasteiger partial charge is 0.483 e. The Morgan fingerprint density at radius 3 is 2.79 bits per heavy atom. The number of ether oxygens (including phenoxy) is 1. The molecule has 0 spiro atoms. The molecule has 8 heteroatoms.